The number of nitrogens with zero attached hydrogens (tertiary/aromatic N) is 1. The summed E-state index contributed by atoms with van der Waals surface area (Å²) in [5.41, 5.74) is 4.01. The molecule has 3 N–H and O–H groups in total. The molecule has 0 aliphatic rings. The van der Waals surface area contributed by atoms with E-state index in [9.17, 15) is 0 Å². The molecule has 16 heavy (non-hydrogen) atoms. The second-order valence-electron chi connectivity index (χ2n) is 3.42. The molecule has 0 spiro atoms. The number of hydrogen-bond donors (Lipinski definition) is 2. The van der Waals surface area contributed by atoms with E-state index in [0.717, 1.165) is 15.6 Å². The number of pyridine rings is 1. The van der Waals surface area contributed by atoms with Crippen molar-refractivity contribution in [1.29, 1.82) is 0 Å². The number of thiophene rings is 1. The third-order valence-electron chi connectivity index (χ3n) is 2.33. The minimum Gasteiger partial charge on any atom is -0.271 e. The number of rotatable bonds is 4. The van der Waals surface area contributed by atoms with E-state index in [2.05, 4.69) is 10.4 Å². The molecule has 1 unspecified atom stereocenters. The van der Waals surface area contributed by atoms with E-state index in [1.54, 1.807) is 23.7 Å². The lowest BCUT2D eigenvalue weighted by Crippen LogP contribution is -2.28. The lowest BCUT2D eigenvalue weighted by molar-refractivity contribution is 0.560. The molecular formula is C11H12ClN3S. The summed E-state index contributed by atoms with van der Waals surface area (Å²) in [6.45, 7) is 0. The first-order valence-corrected chi connectivity index (χ1v) is 6.09. The molecule has 0 saturated heterocycles. The average Bonchev–Trinajstić information content (AvgIpc) is 2.74. The molecule has 0 fully saturated rings. The summed E-state index contributed by atoms with van der Waals surface area (Å²) in [7, 11) is 0. The Morgan fingerprint density at radius 3 is 2.62 bits per heavy atom. The molecule has 0 radical (unpaired) electrons. The molecule has 5 heteroatoms. The molecule has 2 aromatic rings. The van der Waals surface area contributed by atoms with Crippen LogP contribution in [0.4, 0.5) is 0 Å². The van der Waals surface area contributed by atoms with Crippen molar-refractivity contribution >= 4 is 22.9 Å². The van der Waals surface area contributed by atoms with Crippen molar-refractivity contribution < 1.29 is 0 Å². The van der Waals surface area contributed by atoms with Gasteiger partial charge in [-0.1, -0.05) is 11.6 Å². The van der Waals surface area contributed by atoms with Gasteiger partial charge in [0.25, 0.3) is 0 Å². The molecule has 84 valence electrons. The van der Waals surface area contributed by atoms with Crippen molar-refractivity contribution in [3.8, 4) is 0 Å². The summed E-state index contributed by atoms with van der Waals surface area (Å²) in [5, 5.41) is 0. The topological polar surface area (TPSA) is 50.9 Å². The van der Waals surface area contributed by atoms with Gasteiger partial charge in [-0.2, -0.15) is 0 Å². The summed E-state index contributed by atoms with van der Waals surface area (Å²) in [6.07, 6.45) is 4.39. The van der Waals surface area contributed by atoms with Crippen LogP contribution in [-0.4, -0.2) is 4.98 Å². The Labute approximate surface area is 103 Å². The smallest absolute Gasteiger partial charge is 0.0931 e. The van der Waals surface area contributed by atoms with Gasteiger partial charge in [-0.3, -0.25) is 16.3 Å². The molecule has 2 heterocycles. The first kappa shape index (κ1) is 11.5. The predicted molar refractivity (Wildman–Crippen MR) is 67.3 cm³/mol. The standard InChI is InChI=1S/C11H12ClN3S/c12-11-2-1-10(16-11)9(15-13)7-8-3-5-14-6-4-8/h1-6,9,15H,7,13H2. The molecule has 2 aromatic heterocycles. The fourth-order valence-corrected chi connectivity index (χ4v) is 2.63. The monoisotopic (exact) mass is 253 g/mol. The van der Waals surface area contributed by atoms with Gasteiger partial charge in [-0.05, 0) is 36.2 Å². The van der Waals surface area contributed by atoms with Crippen LogP contribution in [0.3, 0.4) is 0 Å². The largest absolute Gasteiger partial charge is 0.271 e. The van der Waals surface area contributed by atoms with Gasteiger partial charge < -0.3 is 0 Å². The SMILES string of the molecule is NNC(Cc1ccncc1)c1ccc(Cl)s1. The number of nitrogens with one attached hydrogen (secondary N) is 1. The minimum atomic E-state index is 0.0971. The molecule has 0 aliphatic heterocycles. The van der Waals surface area contributed by atoms with Crippen LogP contribution in [0.25, 0.3) is 0 Å². The molecule has 1 atom stereocenters. The van der Waals surface area contributed by atoms with E-state index in [4.69, 9.17) is 17.4 Å². The highest BCUT2D eigenvalue weighted by molar-refractivity contribution is 7.16. The summed E-state index contributed by atoms with van der Waals surface area (Å²) >= 11 is 7.45. The van der Waals surface area contributed by atoms with Crippen LogP contribution in [0.1, 0.15) is 16.5 Å². The molecule has 2 rings (SSSR count). The Balaban J connectivity index is 2.12. The Morgan fingerprint density at radius 2 is 2.06 bits per heavy atom. The zero-order valence-electron chi connectivity index (χ0n) is 8.56. The number of hydrogen-bond acceptors (Lipinski definition) is 4. The molecule has 0 bridgehead atoms. The van der Waals surface area contributed by atoms with Crippen LogP contribution in [0.2, 0.25) is 4.34 Å². The molecule has 0 saturated carbocycles. The Kier molecular flexibility index (Phi) is 3.90. The van der Waals surface area contributed by atoms with Gasteiger partial charge in [0.2, 0.25) is 0 Å². The van der Waals surface area contributed by atoms with Crippen LogP contribution < -0.4 is 11.3 Å². The third-order valence-corrected chi connectivity index (χ3v) is 3.67. The quantitative estimate of drug-likeness (QED) is 0.650. The second-order valence-corrected chi connectivity index (χ2v) is 5.17. The van der Waals surface area contributed by atoms with Crippen LogP contribution in [-0.2, 0) is 6.42 Å². The fraction of sp³-hybridized carbons (Fsp3) is 0.182. The van der Waals surface area contributed by atoms with E-state index in [1.807, 2.05) is 24.3 Å². The molecular weight excluding hydrogens is 242 g/mol. The maximum Gasteiger partial charge on any atom is 0.0931 e. The number of nitrogens with two attached hydrogens (primary N) is 1. The van der Waals surface area contributed by atoms with Crippen LogP contribution in [0.15, 0.2) is 36.7 Å². The maximum atomic E-state index is 5.90. The van der Waals surface area contributed by atoms with E-state index in [0.29, 0.717) is 0 Å². The van der Waals surface area contributed by atoms with E-state index in [-0.39, 0.29) is 6.04 Å². The van der Waals surface area contributed by atoms with Crippen molar-refractivity contribution in [3.63, 3.8) is 0 Å². The molecule has 0 amide bonds. The first-order valence-electron chi connectivity index (χ1n) is 4.90. The predicted octanol–water partition coefficient (Wildman–Crippen LogP) is 2.54. The van der Waals surface area contributed by atoms with Gasteiger partial charge in [0, 0.05) is 17.3 Å². The first-order chi connectivity index (χ1) is 7.79. The lowest BCUT2D eigenvalue weighted by atomic mass is 10.1. The number of hydrazine groups is 1. The van der Waals surface area contributed by atoms with Gasteiger partial charge in [0.1, 0.15) is 0 Å². The van der Waals surface area contributed by atoms with Gasteiger partial charge in [0.15, 0.2) is 0 Å². The zero-order valence-corrected chi connectivity index (χ0v) is 10.1. The highest BCUT2D eigenvalue weighted by Crippen LogP contribution is 2.28. The van der Waals surface area contributed by atoms with Crippen molar-refractivity contribution in [2.45, 2.75) is 12.5 Å². The van der Waals surface area contributed by atoms with Crippen LogP contribution in [0, 0.1) is 0 Å². The molecule has 0 aliphatic carbocycles. The Hall–Kier alpha value is -0.940. The normalized spacial score (nSPS) is 12.6. The van der Waals surface area contributed by atoms with Crippen molar-refractivity contribution in [2.75, 3.05) is 0 Å². The van der Waals surface area contributed by atoms with Crippen molar-refractivity contribution in [3.05, 3.63) is 51.4 Å². The highest BCUT2D eigenvalue weighted by Gasteiger charge is 2.12. The highest BCUT2D eigenvalue weighted by atomic mass is 35.5. The maximum absolute atomic E-state index is 5.90. The van der Waals surface area contributed by atoms with Crippen molar-refractivity contribution in [1.82, 2.24) is 10.4 Å². The summed E-state index contributed by atoms with van der Waals surface area (Å²) in [6, 6.07) is 7.95. The molecule has 0 aromatic carbocycles. The van der Waals surface area contributed by atoms with Gasteiger partial charge in [-0.15, -0.1) is 11.3 Å². The second kappa shape index (κ2) is 5.41. The van der Waals surface area contributed by atoms with Gasteiger partial charge in [-0.25, -0.2) is 0 Å². The van der Waals surface area contributed by atoms with E-state index in [1.165, 1.54) is 5.56 Å². The summed E-state index contributed by atoms with van der Waals surface area (Å²) < 4.78 is 0.782. The number of halogens is 1. The minimum absolute atomic E-state index is 0.0971. The summed E-state index contributed by atoms with van der Waals surface area (Å²) in [4.78, 5) is 5.13. The molecule has 3 nitrogen and oxygen atoms in total. The average molecular weight is 254 g/mol. The van der Waals surface area contributed by atoms with E-state index >= 15 is 0 Å². The van der Waals surface area contributed by atoms with Crippen molar-refractivity contribution in [2.24, 2.45) is 5.84 Å². The van der Waals surface area contributed by atoms with Crippen LogP contribution >= 0.6 is 22.9 Å². The lowest BCUT2D eigenvalue weighted by Gasteiger charge is -2.13. The summed E-state index contributed by atoms with van der Waals surface area (Å²) in [5.74, 6) is 5.56. The Morgan fingerprint density at radius 1 is 1.31 bits per heavy atom. The van der Waals surface area contributed by atoms with E-state index < -0.39 is 0 Å². The van der Waals surface area contributed by atoms with Gasteiger partial charge in [0.05, 0.1) is 10.4 Å². The van der Waals surface area contributed by atoms with Gasteiger partial charge >= 0.3 is 0 Å². The Bertz CT molecular complexity index is 444. The zero-order chi connectivity index (χ0) is 11.4. The third kappa shape index (κ3) is 2.80. The number of aromatic nitrogens is 1. The van der Waals surface area contributed by atoms with Crippen LogP contribution in [0.5, 0.6) is 0 Å². The fourth-order valence-electron chi connectivity index (χ4n) is 1.51.